The van der Waals surface area contributed by atoms with Crippen LogP contribution in [0.5, 0.6) is 11.5 Å². The van der Waals surface area contributed by atoms with Gasteiger partial charge in [-0.2, -0.15) is 0 Å². The summed E-state index contributed by atoms with van der Waals surface area (Å²) in [5, 5.41) is 3.58. The number of rotatable bonds is 8. The minimum absolute atomic E-state index is 0. The van der Waals surface area contributed by atoms with Gasteiger partial charge < -0.3 is 24.6 Å². The average Bonchev–Trinajstić information content (AvgIpc) is 2.72. The number of halogens is 1. The lowest BCUT2D eigenvalue weighted by Gasteiger charge is -2.36. The number of likely N-dealkylation sites (tertiary alicyclic amines) is 1. The summed E-state index contributed by atoms with van der Waals surface area (Å²) in [5.74, 6) is 3.19. The Morgan fingerprint density at radius 3 is 2.62 bits per heavy atom. The van der Waals surface area contributed by atoms with Crippen molar-refractivity contribution in [3.8, 4) is 11.5 Å². The lowest BCUT2D eigenvalue weighted by atomic mass is 9.97. The van der Waals surface area contributed by atoms with Crippen LogP contribution in [0.4, 0.5) is 0 Å². The van der Waals surface area contributed by atoms with Crippen molar-refractivity contribution in [1.82, 2.24) is 15.1 Å². The predicted molar refractivity (Wildman–Crippen MR) is 132 cm³/mol. The highest BCUT2D eigenvalue weighted by Gasteiger charge is 2.22. The van der Waals surface area contributed by atoms with Crippen molar-refractivity contribution >= 4 is 29.9 Å². The van der Waals surface area contributed by atoms with E-state index in [4.69, 9.17) is 9.47 Å². The van der Waals surface area contributed by atoms with Crippen molar-refractivity contribution in [3.63, 3.8) is 0 Å². The van der Waals surface area contributed by atoms with Crippen LogP contribution in [0.25, 0.3) is 0 Å². The Hall–Kier alpha value is -1.22. The first-order valence-electron chi connectivity index (χ1n) is 10.3. The fourth-order valence-corrected chi connectivity index (χ4v) is 3.79. The van der Waals surface area contributed by atoms with E-state index in [2.05, 4.69) is 47.1 Å². The fraction of sp³-hybridized carbons (Fsp3) is 0.682. The standard InChI is InChI=1S/C22H38N4O2.HI/c1-17(2)26-12-7-8-19(16-26)15-24-22(23-3)25(4)13-11-18-9-10-20(27-5)21(14-18)28-6;/h9-10,14,17,19H,7-8,11-13,15-16H2,1-6H3,(H,23,24);1H. The van der Waals surface area contributed by atoms with E-state index in [1.165, 1.54) is 31.5 Å². The molecule has 1 atom stereocenters. The number of ether oxygens (including phenoxy) is 2. The van der Waals surface area contributed by atoms with Gasteiger partial charge in [0.2, 0.25) is 0 Å². The van der Waals surface area contributed by atoms with Crippen LogP contribution < -0.4 is 14.8 Å². The van der Waals surface area contributed by atoms with E-state index in [1.807, 2.05) is 19.2 Å². The largest absolute Gasteiger partial charge is 0.493 e. The molecule has 0 bridgehead atoms. The van der Waals surface area contributed by atoms with Gasteiger partial charge in [0, 0.05) is 39.8 Å². The van der Waals surface area contributed by atoms with E-state index in [9.17, 15) is 0 Å². The first-order valence-corrected chi connectivity index (χ1v) is 10.3. The lowest BCUT2D eigenvalue weighted by Crippen LogP contribution is -2.46. The van der Waals surface area contributed by atoms with Crippen LogP contribution in [-0.4, -0.2) is 76.3 Å². The number of methoxy groups -OCH3 is 2. The molecule has 1 aliphatic rings. The Bertz CT molecular complexity index is 639. The highest BCUT2D eigenvalue weighted by Crippen LogP contribution is 2.27. The summed E-state index contributed by atoms with van der Waals surface area (Å²) in [6.07, 6.45) is 3.50. The van der Waals surface area contributed by atoms with Gasteiger partial charge in [-0.25, -0.2) is 0 Å². The zero-order valence-electron chi connectivity index (χ0n) is 18.9. The van der Waals surface area contributed by atoms with Crippen molar-refractivity contribution in [2.75, 3.05) is 54.5 Å². The van der Waals surface area contributed by atoms with Gasteiger partial charge in [0.15, 0.2) is 17.5 Å². The molecule has 0 aromatic heterocycles. The summed E-state index contributed by atoms with van der Waals surface area (Å²) in [7, 11) is 7.28. The first kappa shape index (κ1) is 25.8. The topological polar surface area (TPSA) is 49.3 Å². The van der Waals surface area contributed by atoms with E-state index >= 15 is 0 Å². The average molecular weight is 518 g/mol. The van der Waals surface area contributed by atoms with Gasteiger partial charge >= 0.3 is 0 Å². The summed E-state index contributed by atoms with van der Waals surface area (Å²) < 4.78 is 10.7. The molecule has 166 valence electrons. The van der Waals surface area contributed by atoms with Crippen LogP contribution in [0.1, 0.15) is 32.3 Å². The molecule has 1 N–H and O–H groups in total. The maximum atomic E-state index is 5.40. The van der Waals surface area contributed by atoms with Gasteiger partial charge in [0.1, 0.15) is 0 Å². The van der Waals surface area contributed by atoms with E-state index in [-0.39, 0.29) is 24.0 Å². The molecule has 1 aliphatic heterocycles. The molecule has 0 spiro atoms. The number of nitrogens with one attached hydrogen (secondary N) is 1. The maximum Gasteiger partial charge on any atom is 0.193 e. The number of aliphatic imine (C=N–C) groups is 1. The molecule has 1 aromatic rings. The highest BCUT2D eigenvalue weighted by atomic mass is 127. The maximum absolute atomic E-state index is 5.40. The molecule has 0 amide bonds. The van der Waals surface area contributed by atoms with Crippen molar-refractivity contribution in [2.45, 2.75) is 39.2 Å². The minimum Gasteiger partial charge on any atom is -0.493 e. The van der Waals surface area contributed by atoms with Crippen LogP contribution in [0.15, 0.2) is 23.2 Å². The van der Waals surface area contributed by atoms with Crippen molar-refractivity contribution in [1.29, 1.82) is 0 Å². The summed E-state index contributed by atoms with van der Waals surface area (Å²) in [6.45, 7) is 8.85. The Morgan fingerprint density at radius 1 is 1.28 bits per heavy atom. The van der Waals surface area contributed by atoms with Crippen LogP contribution in [0, 0.1) is 5.92 Å². The SMILES string of the molecule is CN=C(NCC1CCCN(C(C)C)C1)N(C)CCc1ccc(OC)c(OC)c1.I. The summed E-state index contributed by atoms with van der Waals surface area (Å²) in [4.78, 5) is 9.25. The first-order chi connectivity index (χ1) is 13.5. The third-order valence-corrected chi connectivity index (χ3v) is 5.59. The fourth-order valence-electron chi connectivity index (χ4n) is 3.79. The molecule has 1 heterocycles. The van der Waals surface area contributed by atoms with Gasteiger partial charge in [0.25, 0.3) is 0 Å². The number of guanidine groups is 1. The summed E-state index contributed by atoms with van der Waals surface area (Å²) >= 11 is 0. The second kappa shape index (κ2) is 13.2. The van der Waals surface area contributed by atoms with E-state index in [1.54, 1.807) is 14.2 Å². The van der Waals surface area contributed by atoms with Gasteiger partial charge in [-0.1, -0.05) is 6.07 Å². The number of hydrogen-bond acceptors (Lipinski definition) is 4. The number of hydrogen-bond donors (Lipinski definition) is 1. The predicted octanol–water partition coefficient (Wildman–Crippen LogP) is 3.49. The normalized spacial score (nSPS) is 17.6. The summed E-state index contributed by atoms with van der Waals surface area (Å²) in [6, 6.07) is 6.73. The molecule has 6 nitrogen and oxygen atoms in total. The quantitative estimate of drug-likeness (QED) is 0.325. The zero-order chi connectivity index (χ0) is 20.5. The van der Waals surface area contributed by atoms with Gasteiger partial charge in [-0.3, -0.25) is 4.99 Å². The second-order valence-electron chi connectivity index (χ2n) is 7.89. The van der Waals surface area contributed by atoms with Crippen LogP contribution in [0.2, 0.25) is 0 Å². The van der Waals surface area contributed by atoms with E-state index in [0.29, 0.717) is 12.0 Å². The molecule has 1 unspecified atom stereocenters. The van der Waals surface area contributed by atoms with E-state index in [0.717, 1.165) is 37.0 Å². The van der Waals surface area contributed by atoms with Crippen molar-refractivity contribution in [2.24, 2.45) is 10.9 Å². The number of likely N-dealkylation sites (N-methyl/N-ethyl adjacent to an activating group) is 1. The van der Waals surface area contributed by atoms with Gasteiger partial charge in [0.05, 0.1) is 14.2 Å². The molecule has 1 aromatic carbocycles. The third kappa shape index (κ3) is 7.85. The molecule has 0 radical (unpaired) electrons. The number of nitrogens with zero attached hydrogens (tertiary/aromatic N) is 3. The minimum atomic E-state index is 0. The van der Waals surface area contributed by atoms with Gasteiger partial charge in [-0.05, 0) is 63.3 Å². The van der Waals surface area contributed by atoms with Crippen LogP contribution in [-0.2, 0) is 6.42 Å². The zero-order valence-corrected chi connectivity index (χ0v) is 21.2. The number of piperidine rings is 1. The summed E-state index contributed by atoms with van der Waals surface area (Å²) in [5.41, 5.74) is 1.22. The molecule has 0 aliphatic carbocycles. The Morgan fingerprint density at radius 2 is 2.00 bits per heavy atom. The molecular weight excluding hydrogens is 479 g/mol. The van der Waals surface area contributed by atoms with Crippen LogP contribution >= 0.6 is 24.0 Å². The van der Waals surface area contributed by atoms with Crippen molar-refractivity contribution < 1.29 is 9.47 Å². The molecule has 1 saturated heterocycles. The van der Waals surface area contributed by atoms with E-state index < -0.39 is 0 Å². The van der Waals surface area contributed by atoms with Crippen LogP contribution in [0.3, 0.4) is 0 Å². The second-order valence-corrected chi connectivity index (χ2v) is 7.89. The smallest absolute Gasteiger partial charge is 0.193 e. The Kier molecular flexibility index (Phi) is 11.7. The molecule has 2 rings (SSSR count). The Labute approximate surface area is 194 Å². The monoisotopic (exact) mass is 518 g/mol. The molecule has 0 saturated carbocycles. The lowest BCUT2D eigenvalue weighted by molar-refractivity contribution is 0.140. The molecule has 7 heteroatoms. The number of benzene rings is 1. The third-order valence-electron chi connectivity index (χ3n) is 5.59. The van der Waals surface area contributed by atoms with Crippen molar-refractivity contribution in [3.05, 3.63) is 23.8 Å². The molecule has 29 heavy (non-hydrogen) atoms. The molecule has 1 fully saturated rings. The molecular formula is C22H39IN4O2. The highest BCUT2D eigenvalue weighted by molar-refractivity contribution is 14.0. The Balaban J connectivity index is 0.00000420. The van der Waals surface area contributed by atoms with Gasteiger partial charge in [-0.15, -0.1) is 24.0 Å².